The average Bonchev–Trinajstić information content (AvgIpc) is 2.37. The maximum Gasteiger partial charge on any atom is 0.193 e. The third kappa shape index (κ3) is 2.06. The van der Waals surface area contributed by atoms with Gasteiger partial charge < -0.3 is 0 Å². The highest BCUT2D eigenvalue weighted by atomic mass is 16.1. The van der Waals surface area contributed by atoms with Crippen LogP contribution in [0, 0.1) is 27.7 Å². The number of benzene rings is 1. The summed E-state index contributed by atoms with van der Waals surface area (Å²) >= 11 is 0. The summed E-state index contributed by atoms with van der Waals surface area (Å²) in [6.07, 6.45) is 3.31. The third-order valence-electron chi connectivity index (χ3n) is 3.54. The number of nitrogens with zero attached hydrogens (tertiary/aromatic N) is 1. The first-order chi connectivity index (χ1) is 8.52. The summed E-state index contributed by atoms with van der Waals surface area (Å²) in [6.45, 7) is 8.11. The molecule has 0 fully saturated rings. The molecule has 1 aromatic heterocycles. The topological polar surface area (TPSA) is 30.0 Å². The minimum atomic E-state index is 0.0826. The summed E-state index contributed by atoms with van der Waals surface area (Å²) in [4.78, 5) is 16.5. The maximum absolute atomic E-state index is 12.6. The Kier molecular flexibility index (Phi) is 3.28. The second kappa shape index (κ2) is 4.73. The van der Waals surface area contributed by atoms with Gasteiger partial charge in [0.2, 0.25) is 0 Å². The molecule has 92 valence electrons. The highest BCUT2D eigenvalue weighted by molar-refractivity contribution is 6.11. The Labute approximate surface area is 108 Å². The molecule has 2 rings (SSSR count). The second-order valence-corrected chi connectivity index (χ2v) is 4.70. The standard InChI is InChI=1S/C16H17NO/c1-10-9-11(2)13(4)15(12(10)3)16(18)14-5-7-17-8-6-14/h5-9H,1-4H3. The van der Waals surface area contributed by atoms with Crippen molar-refractivity contribution in [1.29, 1.82) is 0 Å². The first-order valence-corrected chi connectivity index (χ1v) is 6.04. The number of pyridine rings is 1. The van der Waals surface area contributed by atoms with E-state index >= 15 is 0 Å². The number of rotatable bonds is 2. The molecule has 0 N–H and O–H groups in total. The highest BCUT2D eigenvalue weighted by Crippen LogP contribution is 2.24. The van der Waals surface area contributed by atoms with Crippen LogP contribution in [0.3, 0.4) is 0 Å². The van der Waals surface area contributed by atoms with E-state index in [1.807, 2.05) is 27.7 Å². The van der Waals surface area contributed by atoms with Crippen LogP contribution in [0.25, 0.3) is 0 Å². The molecule has 0 unspecified atom stereocenters. The molecule has 0 bridgehead atoms. The van der Waals surface area contributed by atoms with E-state index in [0.29, 0.717) is 5.56 Å². The van der Waals surface area contributed by atoms with Crippen molar-refractivity contribution in [2.75, 3.05) is 0 Å². The molecular weight excluding hydrogens is 222 g/mol. The Hall–Kier alpha value is -1.96. The summed E-state index contributed by atoms with van der Waals surface area (Å²) in [5.74, 6) is 0.0826. The molecule has 0 amide bonds. The van der Waals surface area contributed by atoms with Crippen molar-refractivity contribution in [1.82, 2.24) is 4.98 Å². The van der Waals surface area contributed by atoms with E-state index in [1.54, 1.807) is 24.5 Å². The van der Waals surface area contributed by atoms with Gasteiger partial charge in [-0.1, -0.05) is 6.07 Å². The summed E-state index contributed by atoms with van der Waals surface area (Å²) in [5, 5.41) is 0. The summed E-state index contributed by atoms with van der Waals surface area (Å²) < 4.78 is 0. The fraction of sp³-hybridized carbons (Fsp3) is 0.250. The van der Waals surface area contributed by atoms with E-state index in [0.717, 1.165) is 27.8 Å². The smallest absolute Gasteiger partial charge is 0.193 e. The van der Waals surface area contributed by atoms with Gasteiger partial charge in [-0.3, -0.25) is 9.78 Å². The largest absolute Gasteiger partial charge is 0.289 e. The third-order valence-corrected chi connectivity index (χ3v) is 3.54. The lowest BCUT2D eigenvalue weighted by Gasteiger charge is -2.14. The number of aryl methyl sites for hydroxylation is 2. The molecule has 0 aliphatic heterocycles. The zero-order chi connectivity index (χ0) is 13.3. The molecule has 18 heavy (non-hydrogen) atoms. The van der Waals surface area contributed by atoms with Crippen LogP contribution >= 0.6 is 0 Å². The molecule has 0 aliphatic rings. The quantitative estimate of drug-likeness (QED) is 0.750. The SMILES string of the molecule is Cc1cc(C)c(C)c(C(=O)c2ccncc2)c1C. The van der Waals surface area contributed by atoms with E-state index in [1.165, 1.54) is 0 Å². The Morgan fingerprint density at radius 2 is 1.44 bits per heavy atom. The molecule has 2 heteroatoms. The van der Waals surface area contributed by atoms with Crippen molar-refractivity contribution in [2.24, 2.45) is 0 Å². The predicted molar refractivity (Wildman–Crippen MR) is 73.1 cm³/mol. The molecule has 0 saturated heterocycles. The molecule has 0 radical (unpaired) electrons. The second-order valence-electron chi connectivity index (χ2n) is 4.70. The molecule has 0 saturated carbocycles. The normalized spacial score (nSPS) is 10.4. The van der Waals surface area contributed by atoms with Gasteiger partial charge in [0.25, 0.3) is 0 Å². The lowest BCUT2D eigenvalue weighted by Crippen LogP contribution is -2.09. The van der Waals surface area contributed by atoms with Crippen LogP contribution in [0.2, 0.25) is 0 Å². The lowest BCUT2D eigenvalue weighted by atomic mass is 9.89. The van der Waals surface area contributed by atoms with Gasteiger partial charge in [-0.15, -0.1) is 0 Å². The average molecular weight is 239 g/mol. The van der Waals surface area contributed by atoms with E-state index in [2.05, 4.69) is 11.1 Å². The van der Waals surface area contributed by atoms with Crippen LogP contribution in [0.5, 0.6) is 0 Å². The fourth-order valence-corrected chi connectivity index (χ4v) is 2.21. The number of hydrogen-bond acceptors (Lipinski definition) is 2. The first kappa shape index (κ1) is 12.5. The first-order valence-electron chi connectivity index (χ1n) is 6.04. The van der Waals surface area contributed by atoms with Crippen LogP contribution in [0.15, 0.2) is 30.6 Å². The van der Waals surface area contributed by atoms with Crippen molar-refractivity contribution in [3.8, 4) is 0 Å². The summed E-state index contributed by atoms with van der Waals surface area (Å²) in [5.41, 5.74) is 5.99. The van der Waals surface area contributed by atoms with E-state index in [9.17, 15) is 4.79 Å². The van der Waals surface area contributed by atoms with Gasteiger partial charge in [-0.05, 0) is 62.1 Å². The van der Waals surface area contributed by atoms with E-state index in [-0.39, 0.29) is 5.78 Å². The molecule has 0 aliphatic carbocycles. The summed E-state index contributed by atoms with van der Waals surface area (Å²) in [6, 6.07) is 5.66. The highest BCUT2D eigenvalue weighted by Gasteiger charge is 2.17. The number of carbonyl (C=O) groups excluding carboxylic acids is 1. The van der Waals surface area contributed by atoms with E-state index in [4.69, 9.17) is 0 Å². The van der Waals surface area contributed by atoms with Gasteiger partial charge in [-0.25, -0.2) is 0 Å². The maximum atomic E-state index is 12.6. The van der Waals surface area contributed by atoms with Gasteiger partial charge >= 0.3 is 0 Å². The predicted octanol–water partition coefficient (Wildman–Crippen LogP) is 3.55. The molecular formula is C16H17NO. The fourth-order valence-electron chi connectivity index (χ4n) is 2.21. The van der Waals surface area contributed by atoms with Crippen molar-refractivity contribution in [3.05, 3.63) is 64.0 Å². The number of carbonyl (C=O) groups is 1. The minimum absolute atomic E-state index is 0.0826. The van der Waals surface area contributed by atoms with Crippen LogP contribution in [-0.4, -0.2) is 10.8 Å². The van der Waals surface area contributed by atoms with Crippen molar-refractivity contribution >= 4 is 5.78 Å². The van der Waals surface area contributed by atoms with Crippen LogP contribution in [-0.2, 0) is 0 Å². The Balaban J connectivity index is 2.62. The lowest BCUT2D eigenvalue weighted by molar-refractivity contribution is 0.103. The number of hydrogen-bond donors (Lipinski definition) is 0. The van der Waals surface area contributed by atoms with Gasteiger partial charge in [0.05, 0.1) is 0 Å². The zero-order valence-corrected chi connectivity index (χ0v) is 11.2. The molecule has 2 aromatic rings. The van der Waals surface area contributed by atoms with Gasteiger partial charge in [0.1, 0.15) is 0 Å². The van der Waals surface area contributed by atoms with Crippen molar-refractivity contribution in [3.63, 3.8) is 0 Å². The van der Waals surface area contributed by atoms with Crippen LogP contribution in [0.4, 0.5) is 0 Å². The van der Waals surface area contributed by atoms with Gasteiger partial charge in [-0.2, -0.15) is 0 Å². The minimum Gasteiger partial charge on any atom is -0.289 e. The number of aromatic nitrogens is 1. The van der Waals surface area contributed by atoms with Gasteiger partial charge in [0, 0.05) is 23.5 Å². The molecule has 1 aromatic carbocycles. The monoisotopic (exact) mass is 239 g/mol. The Bertz CT molecular complexity index is 574. The molecule has 1 heterocycles. The van der Waals surface area contributed by atoms with Crippen LogP contribution in [0.1, 0.15) is 38.2 Å². The Morgan fingerprint density at radius 3 is 1.94 bits per heavy atom. The molecule has 0 atom stereocenters. The van der Waals surface area contributed by atoms with Crippen molar-refractivity contribution in [2.45, 2.75) is 27.7 Å². The van der Waals surface area contributed by atoms with Crippen molar-refractivity contribution < 1.29 is 4.79 Å². The molecule has 2 nitrogen and oxygen atoms in total. The number of ketones is 1. The Morgan fingerprint density at radius 1 is 0.944 bits per heavy atom. The van der Waals surface area contributed by atoms with Gasteiger partial charge in [0.15, 0.2) is 5.78 Å². The van der Waals surface area contributed by atoms with E-state index < -0.39 is 0 Å². The summed E-state index contributed by atoms with van der Waals surface area (Å²) in [7, 11) is 0. The zero-order valence-electron chi connectivity index (χ0n) is 11.2. The molecule has 0 spiro atoms. The van der Waals surface area contributed by atoms with Crippen LogP contribution < -0.4 is 0 Å².